The molecule has 0 spiro atoms. The Labute approximate surface area is 88.8 Å². The second kappa shape index (κ2) is 4.20. The summed E-state index contributed by atoms with van der Waals surface area (Å²) >= 11 is 6.13. The molecule has 1 aliphatic rings. The SMILES string of the molecule is COc1ccc([C@H]2OCC[C@@H]2Cl)cc1. The summed E-state index contributed by atoms with van der Waals surface area (Å²) < 4.78 is 10.6. The van der Waals surface area contributed by atoms with Crippen LogP contribution < -0.4 is 4.74 Å². The van der Waals surface area contributed by atoms with E-state index in [0.717, 1.165) is 24.3 Å². The van der Waals surface area contributed by atoms with Crippen molar-refractivity contribution < 1.29 is 9.47 Å². The second-order valence-electron chi connectivity index (χ2n) is 3.37. The molecule has 0 saturated carbocycles. The highest BCUT2D eigenvalue weighted by atomic mass is 35.5. The van der Waals surface area contributed by atoms with Crippen LogP contribution in [0.25, 0.3) is 0 Å². The van der Waals surface area contributed by atoms with Gasteiger partial charge in [0.1, 0.15) is 5.75 Å². The predicted molar refractivity (Wildman–Crippen MR) is 55.9 cm³/mol. The fraction of sp³-hybridized carbons (Fsp3) is 0.455. The van der Waals surface area contributed by atoms with Crippen molar-refractivity contribution in [1.29, 1.82) is 0 Å². The minimum absolute atomic E-state index is 0.0440. The van der Waals surface area contributed by atoms with Gasteiger partial charge in [-0.15, -0.1) is 11.6 Å². The number of halogens is 1. The quantitative estimate of drug-likeness (QED) is 0.702. The van der Waals surface area contributed by atoms with Crippen molar-refractivity contribution in [3.8, 4) is 5.75 Å². The first-order chi connectivity index (χ1) is 6.81. The average molecular weight is 213 g/mol. The number of methoxy groups -OCH3 is 1. The Hall–Kier alpha value is -0.730. The van der Waals surface area contributed by atoms with Gasteiger partial charge < -0.3 is 9.47 Å². The summed E-state index contributed by atoms with van der Waals surface area (Å²) in [5.74, 6) is 0.859. The van der Waals surface area contributed by atoms with Gasteiger partial charge in [0.15, 0.2) is 0 Å². The molecule has 3 heteroatoms. The lowest BCUT2D eigenvalue weighted by atomic mass is 10.1. The topological polar surface area (TPSA) is 18.5 Å². The minimum Gasteiger partial charge on any atom is -0.497 e. The first-order valence-electron chi connectivity index (χ1n) is 4.71. The zero-order valence-electron chi connectivity index (χ0n) is 8.07. The summed E-state index contributed by atoms with van der Waals surface area (Å²) in [6.07, 6.45) is 0.973. The fourth-order valence-electron chi connectivity index (χ4n) is 1.66. The van der Waals surface area contributed by atoms with Crippen LogP contribution in [-0.2, 0) is 4.74 Å². The summed E-state index contributed by atoms with van der Waals surface area (Å²) in [4.78, 5) is 0. The van der Waals surface area contributed by atoms with Gasteiger partial charge in [-0.25, -0.2) is 0 Å². The number of rotatable bonds is 2. The maximum atomic E-state index is 6.13. The van der Waals surface area contributed by atoms with E-state index in [4.69, 9.17) is 21.1 Å². The van der Waals surface area contributed by atoms with Crippen LogP contribution in [0.5, 0.6) is 5.75 Å². The molecule has 1 aliphatic heterocycles. The van der Waals surface area contributed by atoms with Crippen LogP contribution in [0.2, 0.25) is 0 Å². The van der Waals surface area contributed by atoms with Gasteiger partial charge in [0.25, 0.3) is 0 Å². The lowest BCUT2D eigenvalue weighted by Crippen LogP contribution is -2.06. The van der Waals surface area contributed by atoms with Gasteiger partial charge >= 0.3 is 0 Å². The Morgan fingerprint density at radius 1 is 1.36 bits per heavy atom. The summed E-state index contributed by atoms with van der Waals surface area (Å²) in [7, 11) is 1.66. The summed E-state index contributed by atoms with van der Waals surface area (Å²) in [5, 5.41) is 0.100. The third-order valence-electron chi connectivity index (χ3n) is 2.46. The zero-order valence-corrected chi connectivity index (χ0v) is 8.83. The molecule has 0 aromatic heterocycles. The highest BCUT2D eigenvalue weighted by molar-refractivity contribution is 6.21. The molecule has 76 valence electrons. The summed E-state index contributed by atoms with van der Waals surface area (Å²) in [6.45, 7) is 0.755. The number of benzene rings is 1. The van der Waals surface area contributed by atoms with Crippen LogP contribution in [0.4, 0.5) is 0 Å². The highest BCUT2D eigenvalue weighted by Crippen LogP contribution is 2.33. The average Bonchev–Trinajstić information content (AvgIpc) is 2.65. The van der Waals surface area contributed by atoms with Crippen LogP contribution in [0.1, 0.15) is 18.1 Å². The van der Waals surface area contributed by atoms with Crippen LogP contribution in [0, 0.1) is 0 Å². The predicted octanol–water partition coefficient (Wildman–Crippen LogP) is 2.76. The van der Waals surface area contributed by atoms with Crippen molar-refractivity contribution in [3.05, 3.63) is 29.8 Å². The van der Waals surface area contributed by atoms with Crippen LogP contribution in [-0.4, -0.2) is 19.1 Å². The molecule has 0 unspecified atom stereocenters. The van der Waals surface area contributed by atoms with Gasteiger partial charge in [0, 0.05) is 6.61 Å². The fourth-order valence-corrected chi connectivity index (χ4v) is 1.97. The Balaban J connectivity index is 2.16. The lowest BCUT2D eigenvalue weighted by Gasteiger charge is -2.13. The molecule has 2 atom stereocenters. The first kappa shape index (κ1) is 9.81. The van der Waals surface area contributed by atoms with Crippen LogP contribution in [0.3, 0.4) is 0 Å². The van der Waals surface area contributed by atoms with E-state index in [9.17, 15) is 0 Å². The first-order valence-corrected chi connectivity index (χ1v) is 5.14. The maximum absolute atomic E-state index is 6.13. The van der Waals surface area contributed by atoms with E-state index in [1.807, 2.05) is 24.3 Å². The largest absolute Gasteiger partial charge is 0.497 e. The summed E-state index contributed by atoms with van der Waals surface area (Å²) in [6, 6.07) is 7.87. The Morgan fingerprint density at radius 3 is 2.57 bits per heavy atom. The third kappa shape index (κ3) is 1.86. The zero-order chi connectivity index (χ0) is 9.97. The molecule has 1 fully saturated rings. The number of ether oxygens (including phenoxy) is 2. The van der Waals surface area contributed by atoms with Gasteiger partial charge in [-0.3, -0.25) is 0 Å². The van der Waals surface area contributed by atoms with Crippen molar-refractivity contribution in [3.63, 3.8) is 0 Å². The molecule has 0 aliphatic carbocycles. The van der Waals surface area contributed by atoms with E-state index in [1.165, 1.54) is 0 Å². The van der Waals surface area contributed by atoms with E-state index in [0.29, 0.717) is 0 Å². The van der Waals surface area contributed by atoms with Gasteiger partial charge in [0.05, 0.1) is 18.6 Å². The minimum atomic E-state index is 0.0440. The molecule has 1 aromatic rings. The molecule has 1 aromatic carbocycles. The second-order valence-corrected chi connectivity index (χ2v) is 3.93. The highest BCUT2D eigenvalue weighted by Gasteiger charge is 2.27. The van der Waals surface area contributed by atoms with Gasteiger partial charge in [-0.1, -0.05) is 12.1 Å². The Morgan fingerprint density at radius 2 is 2.07 bits per heavy atom. The molecule has 0 radical (unpaired) electrons. The van der Waals surface area contributed by atoms with Gasteiger partial charge in [-0.05, 0) is 24.1 Å². The standard InChI is InChI=1S/C11H13ClO2/c1-13-9-4-2-8(3-5-9)11-10(12)6-7-14-11/h2-5,10-11H,6-7H2,1H3/t10-,11+/m0/s1. The molecular formula is C11H13ClO2. The lowest BCUT2D eigenvalue weighted by molar-refractivity contribution is 0.113. The van der Waals surface area contributed by atoms with E-state index in [2.05, 4.69) is 0 Å². The monoisotopic (exact) mass is 212 g/mol. The van der Waals surface area contributed by atoms with E-state index >= 15 is 0 Å². The maximum Gasteiger partial charge on any atom is 0.118 e. The Kier molecular flexibility index (Phi) is 2.94. The molecule has 2 nitrogen and oxygen atoms in total. The Bertz CT molecular complexity index is 297. The van der Waals surface area contributed by atoms with Gasteiger partial charge in [0.2, 0.25) is 0 Å². The van der Waals surface area contributed by atoms with E-state index < -0.39 is 0 Å². The summed E-state index contributed by atoms with van der Waals surface area (Å²) in [5.41, 5.74) is 1.13. The van der Waals surface area contributed by atoms with Crippen molar-refractivity contribution in [2.24, 2.45) is 0 Å². The molecule has 0 amide bonds. The molecule has 0 N–H and O–H groups in total. The molecular weight excluding hydrogens is 200 g/mol. The normalized spacial score (nSPS) is 26.4. The smallest absolute Gasteiger partial charge is 0.118 e. The number of hydrogen-bond donors (Lipinski definition) is 0. The van der Waals surface area contributed by atoms with Crippen molar-refractivity contribution in [2.45, 2.75) is 17.9 Å². The molecule has 0 bridgehead atoms. The van der Waals surface area contributed by atoms with Gasteiger partial charge in [-0.2, -0.15) is 0 Å². The molecule has 1 heterocycles. The van der Waals surface area contributed by atoms with Crippen molar-refractivity contribution in [1.82, 2.24) is 0 Å². The van der Waals surface area contributed by atoms with Crippen LogP contribution >= 0.6 is 11.6 Å². The third-order valence-corrected chi connectivity index (χ3v) is 2.91. The number of alkyl halides is 1. The van der Waals surface area contributed by atoms with Crippen molar-refractivity contribution >= 4 is 11.6 Å². The number of hydrogen-bond acceptors (Lipinski definition) is 2. The molecule has 2 rings (SSSR count). The molecule has 1 saturated heterocycles. The van der Waals surface area contributed by atoms with Crippen LogP contribution in [0.15, 0.2) is 24.3 Å². The van der Waals surface area contributed by atoms with E-state index in [1.54, 1.807) is 7.11 Å². The van der Waals surface area contributed by atoms with E-state index in [-0.39, 0.29) is 11.5 Å². The molecule has 14 heavy (non-hydrogen) atoms. The van der Waals surface area contributed by atoms with Crippen molar-refractivity contribution in [2.75, 3.05) is 13.7 Å².